The molecule has 0 bridgehead atoms. The molecule has 0 fully saturated rings. The molecule has 7 heteroatoms. The summed E-state index contributed by atoms with van der Waals surface area (Å²) in [4.78, 5) is 38.5. The van der Waals surface area contributed by atoms with Crippen molar-refractivity contribution in [3.8, 4) is 11.8 Å². The van der Waals surface area contributed by atoms with E-state index in [1.54, 1.807) is 9.80 Å². The van der Waals surface area contributed by atoms with Crippen LogP contribution in [0.25, 0.3) is 0 Å². The number of carboxylic acid groups (broad SMARTS) is 2. The summed E-state index contributed by atoms with van der Waals surface area (Å²) in [6.45, 7) is 1.05. The molecule has 7 nitrogen and oxygen atoms in total. The van der Waals surface area contributed by atoms with Crippen LogP contribution in [0.3, 0.4) is 0 Å². The minimum Gasteiger partial charge on any atom is -0.481 e. The number of anilines is 1. The highest BCUT2D eigenvalue weighted by atomic mass is 16.4. The molecule has 0 saturated heterocycles. The van der Waals surface area contributed by atoms with Crippen LogP contribution in [0, 0.1) is 11.8 Å². The number of hydrogen-bond acceptors (Lipinski definition) is 4. The lowest BCUT2D eigenvalue weighted by molar-refractivity contribution is -0.137. The summed E-state index contributed by atoms with van der Waals surface area (Å²) in [5.74, 6) is 4.29. The molecule has 0 atom stereocenters. The Hall–Kier alpha value is -3.63. The fourth-order valence-electron chi connectivity index (χ4n) is 3.44. The molecule has 0 aromatic heterocycles. The normalized spacial score (nSPS) is 12.1. The largest absolute Gasteiger partial charge is 0.481 e. The van der Waals surface area contributed by atoms with Crippen molar-refractivity contribution in [3.63, 3.8) is 0 Å². The zero-order chi connectivity index (χ0) is 22.2. The summed E-state index contributed by atoms with van der Waals surface area (Å²) in [5.41, 5.74) is 3.32. The lowest BCUT2D eigenvalue weighted by Crippen LogP contribution is -2.36. The number of aliphatic carboxylic acids is 2. The van der Waals surface area contributed by atoms with E-state index in [4.69, 9.17) is 10.2 Å². The van der Waals surface area contributed by atoms with E-state index >= 15 is 0 Å². The van der Waals surface area contributed by atoms with Crippen molar-refractivity contribution in [2.45, 2.75) is 25.8 Å². The van der Waals surface area contributed by atoms with Crippen molar-refractivity contribution in [3.05, 3.63) is 65.2 Å². The second-order valence-electron chi connectivity index (χ2n) is 7.28. The molecule has 2 aromatic carbocycles. The van der Waals surface area contributed by atoms with Crippen LogP contribution < -0.4 is 4.90 Å². The van der Waals surface area contributed by atoms with E-state index in [1.807, 2.05) is 48.5 Å². The van der Waals surface area contributed by atoms with E-state index in [-0.39, 0.29) is 44.8 Å². The first-order valence-electron chi connectivity index (χ1n) is 10.1. The number of nitrogens with zero attached hydrogens (tertiary/aromatic N) is 2. The quantitative estimate of drug-likeness (QED) is 0.605. The molecule has 0 spiro atoms. The second-order valence-corrected chi connectivity index (χ2v) is 7.28. The zero-order valence-corrected chi connectivity index (χ0v) is 17.1. The Kier molecular flexibility index (Phi) is 7.41. The number of hydrogen-bond donors (Lipinski definition) is 2. The van der Waals surface area contributed by atoms with Crippen LogP contribution in [-0.4, -0.2) is 52.6 Å². The number of rotatable bonds is 9. The Morgan fingerprint density at radius 1 is 0.806 bits per heavy atom. The standard InChI is InChI=1S/C24H24N2O5/c27-22(11-14-25(15-12-23(28)29)16-13-24(30)31)26-17-20-7-2-1-5-18(20)9-10-19-6-3-4-8-21(19)26/h1-8H,11-17H2,(H,28,29)(H,30,31). The van der Waals surface area contributed by atoms with E-state index in [9.17, 15) is 14.4 Å². The highest BCUT2D eigenvalue weighted by molar-refractivity contribution is 5.95. The third-order valence-corrected chi connectivity index (χ3v) is 5.10. The Bertz CT molecular complexity index is 1020. The van der Waals surface area contributed by atoms with Gasteiger partial charge in [0.1, 0.15) is 0 Å². The summed E-state index contributed by atoms with van der Waals surface area (Å²) >= 11 is 0. The molecule has 0 saturated carbocycles. The smallest absolute Gasteiger partial charge is 0.304 e. The molecular formula is C24H24N2O5. The van der Waals surface area contributed by atoms with Crippen LogP contribution >= 0.6 is 0 Å². The van der Waals surface area contributed by atoms with Gasteiger partial charge in [-0.3, -0.25) is 14.4 Å². The van der Waals surface area contributed by atoms with Gasteiger partial charge in [-0.1, -0.05) is 42.2 Å². The summed E-state index contributed by atoms with van der Waals surface area (Å²) in [6.07, 6.45) is -0.0736. The molecule has 1 heterocycles. The molecule has 3 rings (SSSR count). The van der Waals surface area contributed by atoms with Gasteiger partial charge in [0.05, 0.1) is 25.1 Å². The first-order valence-corrected chi connectivity index (χ1v) is 10.1. The highest BCUT2D eigenvalue weighted by Crippen LogP contribution is 2.26. The van der Waals surface area contributed by atoms with Crippen molar-refractivity contribution >= 4 is 23.5 Å². The maximum atomic E-state index is 13.2. The molecule has 1 aliphatic heterocycles. The van der Waals surface area contributed by atoms with Crippen molar-refractivity contribution in [1.82, 2.24) is 4.90 Å². The lowest BCUT2D eigenvalue weighted by Gasteiger charge is -2.27. The topological polar surface area (TPSA) is 98.1 Å². The summed E-state index contributed by atoms with van der Waals surface area (Å²) < 4.78 is 0. The highest BCUT2D eigenvalue weighted by Gasteiger charge is 2.22. The summed E-state index contributed by atoms with van der Waals surface area (Å²) in [5, 5.41) is 17.9. The molecule has 0 aliphatic carbocycles. The Morgan fingerprint density at radius 3 is 2.03 bits per heavy atom. The van der Waals surface area contributed by atoms with Gasteiger partial charge in [0, 0.05) is 37.2 Å². The molecule has 1 amide bonds. The van der Waals surface area contributed by atoms with Crippen LogP contribution in [0.5, 0.6) is 0 Å². The summed E-state index contributed by atoms with van der Waals surface area (Å²) in [7, 11) is 0. The second kappa shape index (κ2) is 10.4. The van der Waals surface area contributed by atoms with E-state index in [0.29, 0.717) is 6.54 Å². The van der Waals surface area contributed by atoms with Crippen LogP contribution in [-0.2, 0) is 20.9 Å². The number of fused-ring (bicyclic) bond motifs is 2. The Labute approximate surface area is 180 Å². The van der Waals surface area contributed by atoms with Crippen LogP contribution in [0.15, 0.2) is 48.5 Å². The molecule has 160 valence electrons. The average Bonchev–Trinajstić information content (AvgIpc) is 2.74. The molecular weight excluding hydrogens is 396 g/mol. The SMILES string of the molecule is O=C(O)CCN(CCC(=O)O)CCC(=O)N1Cc2ccccc2C#Cc2ccccc21. The van der Waals surface area contributed by atoms with E-state index in [2.05, 4.69) is 11.8 Å². The van der Waals surface area contributed by atoms with E-state index < -0.39 is 11.9 Å². The third kappa shape index (κ3) is 6.17. The first-order chi connectivity index (χ1) is 14.9. The number of para-hydroxylation sites is 1. The van der Waals surface area contributed by atoms with Gasteiger partial charge in [0.25, 0.3) is 0 Å². The Morgan fingerprint density at radius 2 is 1.35 bits per heavy atom. The van der Waals surface area contributed by atoms with E-state index in [1.165, 1.54) is 0 Å². The first kappa shape index (κ1) is 22.1. The lowest BCUT2D eigenvalue weighted by atomic mass is 10.0. The van der Waals surface area contributed by atoms with Gasteiger partial charge >= 0.3 is 11.9 Å². The number of benzene rings is 2. The third-order valence-electron chi connectivity index (χ3n) is 5.10. The van der Waals surface area contributed by atoms with Crippen LogP contribution in [0.2, 0.25) is 0 Å². The zero-order valence-electron chi connectivity index (χ0n) is 17.1. The maximum absolute atomic E-state index is 13.2. The fourth-order valence-corrected chi connectivity index (χ4v) is 3.44. The summed E-state index contributed by atoms with van der Waals surface area (Å²) in [6, 6.07) is 15.2. The number of carbonyl (C=O) groups excluding carboxylic acids is 1. The monoisotopic (exact) mass is 420 g/mol. The molecule has 0 radical (unpaired) electrons. The molecule has 2 N–H and O–H groups in total. The average molecular weight is 420 g/mol. The van der Waals surface area contributed by atoms with E-state index in [0.717, 1.165) is 22.4 Å². The number of carboxylic acids is 2. The van der Waals surface area contributed by atoms with Gasteiger partial charge in [-0.25, -0.2) is 0 Å². The van der Waals surface area contributed by atoms with Gasteiger partial charge in [0.2, 0.25) is 5.91 Å². The number of carbonyl (C=O) groups is 3. The van der Waals surface area contributed by atoms with Crippen molar-refractivity contribution < 1.29 is 24.6 Å². The van der Waals surface area contributed by atoms with Gasteiger partial charge in [-0.15, -0.1) is 0 Å². The molecule has 31 heavy (non-hydrogen) atoms. The van der Waals surface area contributed by atoms with Crippen LogP contribution in [0.4, 0.5) is 5.69 Å². The van der Waals surface area contributed by atoms with Crippen molar-refractivity contribution in [1.29, 1.82) is 0 Å². The number of amides is 1. The predicted octanol–water partition coefficient (Wildman–Crippen LogP) is 2.57. The minimum atomic E-state index is -0.959. The molecule has 1 aliphatic rings. The van der Waals surface area contributed by atoms with Crippen molar-refractivity contribution in [2.24, 2.45) is 0 Å². The Balaban J connectivity index is 1.78. The maximum Gasteiger partial charge on any atom is 0.304 e. The fraction of sp³-hybridized carbons (Fsp3) is 0.292. The van der Waals surface area contributed by atoms with Gasteiger partial charge in [-0.05, 0) is 23.8 Å². The minimum absolute atomic E-state index is 0.108. The van der Waals surface area contributed by atoms with Crippen molar-refractivity contribution in [2.75, 3.05) is 24.5 Å². The van der Waals surface area contributed by atoms with Gasteiger partial charge in [0.15, 0.2) is 0 Å². The van der Waals surface area contributed by atoms with Gasteiger partial charge < -0.3 is 20.0 Å². The molecule has 0 unspecified atom stereocenters. The van der Waals surface area contributed by atoms with Crippen LogP contribution in [0.1, 0.15) is 36.0 Å². The predicted molar refractivity (Wildman–Crippen MR) is 116 cm³/mol. The molecule has 2 aromatic rings. The van der Waals surface area contributed by atoms with Gasteiger partial charge in [-0.2, -0.15) is 0 Å².